The first kappa shape index (κ1) is 25.5. The van der Waals surface area contributed by atoms with Crippen molar-refractivity contribution in [3.8, 4) is 0 Å². The van der Waals surface area contributed by atoms with Gasteiger partial charge in [-0.25, -0.2) is 0 Å². The molecule has 0 saturated heterocycles. The third-order valence-electron chi connectivity index (χ3n) is 1.74. The first-order valence-corrected chi connectivity index (χ1v) is 5.70. The minimum atomic E-state index is -6.00. The van der Waals surface area contributed by atoms with Crippen molar-refractivity contribution in [1.82, 2.24) is 9.80 Å². The van der Waals surface area contributed by atoms with Gasteiger partial charge in [0.25, 0.3) is 0 Å². The van der Waals surface area contributed by atoms with Gasteiger partial charge >= 0.3 is 34.0 Å². The second-order valence-corrected chi connectivity index (χ2v) is 3.85. The van der Waals surface area contributed by atoms with Crippen LogP contribution in [0.1, 0.15) is 19.8 Å². The second kappa shape index (κ2) is 12.1. The van der Waals surface area contributed by atoms with Crippen molar-refractivity contribution in [2.45, 2.75) is 19.8 Å². The van der Waals surface area contributed by atoms with Crippen molar-refractivity contribution in [2.24, 2.45) is 0 Å². The van der Waals surface area contributed by atoms with E-state index >= 15 is 0 Å². The summed E-state index contributed by atoms with van der Waals surface area (Å²) in [5.74, 6) is 0. The zero-order valence-electron chi connectivity index (χ0n) is 11.8. The quantitative estimate of drug-likeness (QED) is 0.539. The van der Waals surface area contributed by atoms with Gasteiger partial charge in [-0.15, -0.1) is 0 Å². The van der Waals surface area contributed by atoms with Crippen LogP contribution in [0.5, 0.6) is 0 Å². The zero-order chi connectivity index (χ0) is 16.4. The number of hydrogen-bond acceptors (Lipinski definition) is 2. The molecule has 0 aromatic carbocycles. The Morgan fingerprint density at radius 3 is 1.52 bits per heavy atom. The van der Waals surface area contributed by atoms with Crippen molar-refractivity contribution >= 4 is 14.5 Å². The van der Waals surface area contributed by atoms with E-state index in [0.29, 0.717) is 0 Å². The molecule has 0 bridgehead atoms. The fraction of sp³-hybridized carbons (Fsp3) is 0.750. The molecule has 0 aromatic heterocycles. The van der Waals surface area contributed by atoms with Crippen molar-refractivity contribution < 1.29 is 54.0 Å². The number of hydrogen-bond donors (Lipinski definition) is 0. The maximum absolute atomic E-state index is 9.75. The fourth-order valence-electron chi connectivity index (χ4n) is 1.10. The van der Waals surface area contributed by atoms with Crippen LogP contribution < -0.4 is 0 Å². The van der Waals surface area contributed by atoms with Gasteiger partial charge in [-0.2, -0.15) is 0 Å². The first-order chi connectivity index (χ1) is 8.83. The summed E-state index contributed by atoms with van der Waals surface area (Å²) in [7, 11) is -9.90. The molecule has 0 radical (unpaired) electrons. The van der Waals surface area contributed by atoms with Crippen molar-refractivity contribution in [3.63, 3.8) is 0 Å². The smallest absolute Gasteiger partial charge is 0.418 e. The van der Waals surface area contributed by atoms with Gasteiger partial charge in [-0.3, -0.25) is 0 Å². The van der Waals surface area contributed by atoms with Gasteiger partial charge < -0.3 is 44.3 Å². The summed E-state index contributed by atoms with van der Waals surface area (Å²) in [6.07, 6.45) is 6.87. The molecular formula is C8H16B2F8N2Zn. The monoisotopic (exact) mass is 378 g/mol. The van der Waals surface area contributed by atoms with Crippen LogP contribution >= 0.6 is 0 Å². The van der Waals surface area contributed by atoms with Crippen LogP contribution in [-0.2, 0) is 19.5 Å². The van der Waals surface area contributed by atoms with E-state index in [1.54, 1.807) is 0 Å². The average Bonchev–Trinajstić information content (AvgIpc) is 2.56. The Bertz CT molecular complexity index is 250. The standard InChI is InChI=1S/C8H16N2.2BF4.Zn/c1-3-4-5-10-7-6-9(2)8-10;2*2-1(3,4)5;/h6-7H,3-5,8H2,1-2H3;;;/q;2*-1;+2. The van der Waals surface area contributed by atoms with E-state index in [9.17, 15) is 34.5 Å². The van der Waals surface area contributed by atoms with Crippen LogP contribution in [0.25, 0.3) is 0 Å². The van der Waals surface area contributed by atoms with Gasteiger partial charge in [0.15, 0.2) is 0 Å². The van der Waals surface area contributed by atoms with Crippen LogP contribution in [0.2, 0.25) is 0 Å². The third kappa shape index (κ3) is 38.2. The summed E-state index contributed by atoms with van der Waals surface area (Å²) in [6, 6.07) is 0. The maximum Gasteiger partial charge on any atom is 2.00 e. The molecule has 0 spiro atoms. The van der Waals surface area contributed by atoms with Crippen molar-refractivity contribution in [1.29, 1.82) is 0 Å². The topological polar surface area (TPSA) is 6.48 Å². The summed E-state index contributed by atoms with van der Waals surface area (Å²) in [5, 5.41) is 0. The largest absolute Gasteiger partial charge is 2.00 e. The Morgan fingerprint density at radius 2 is 1.29 bits per heavy atom. The molecular weight excluding hydrogens is 363 g/mol. The molecule has 0 saturated carbocycles. The molecule has 0 aliphatic carbocycles. The van der Waals surface area contributed by atoms with E-state index in [0.717, 1.165) is 6.67 Å². The summed E-state index contributed by atoms with van der Waals surface area (Å²) in [6.45, 7) is 4.50. The van der Waals surface area contributed by atoms with Crippen molar-refractivity contribution in [3.05, 3.63) is 12.4 Å². The van der Waals surface area contributed by atoms with Gasteiger partial charge in [0.2, 0.25) is 0 Å². The molecule has 1 rings (SSSR count). The molecule has 122 valence electrons. The predicted molar refractivity (Wildman–Crippen MR) is 63.8 cm³/mol. The van der Waals surface area contributed by atoms with E-state index in [4.69, 9.17) is 0 Å². The molecule has 1 aliphatic rings. The Kier molecular flexibility index (Phi) is 14.7. The summed E-state index contributed by atoms with van der Waals surface area (Å²) < 4.78 is 78.0. The summed E-state index contributed by atoms with van der Waals surface area (Å²) in [5.41, 5.74) is 0. The Morgan fingerprint density at radius 1 is 0.905 bits per heavy atom. The van der Waals surface area contributed by atoms with Crippen molar-refractivity contribution in [2.75, 3.05) is 20.3 Å². The van der Waals surface area contributed by atoms with Crippen LogP contribution in [0.3, 0.4) is 0 Å². The zero-order valence-corrected chi connectivity index (χ0v) is 14.7. The Labute approximate surface area is 131 Å². The molecule has 1 aliphatic heterocycles. The molecule has 2 nitrogen and oxygen atoms in total. The number of nitrogens with zero attached hydrogens (tertiary/aromatic N) is 2. The average molecular weight is 379 g/mol. The summed E-state index contributed by atoms with van der Waals surface area (Å²) >= 11 is 0. The van der Waals surface area contributed by atoms with Gasteiger partial charge in [0.05, 0.1) is 6.67 Å². The fourth-order valence-corrected chi connectivity index (χ4v) is 1.10. The minimum absolute atomic E-state index is 0. The normalized spacial score (nSPS) is 13.8. The molecule has 0 unspecified atom stereocenters. The third-order valence-corrected chi connectivity index (χ3v) is 1.74. The van der Waals surface area contributed by atoms with Crippen LogP contribution in [-0.4, -0.2) is 44.6 Å². The van der Waals surface area contributed by atoms with Gasteiger partial charge in [0.1, 0.15) is 0 Å². The van der Waals surface area contributed by atoms with E-state index in [-0.39, 0.29) is 19.5 Å². The van der Waals surface area contributed by atoms with Gasteiger partial charge in [-0.1, -0.05) is 13.3 Å². The molecule has 0 atom stereocenters. The molecule has 0 N–H and O–H groups in total. The number of unbranched alkanes of at least 4 members (excludes halogenated alkanes) is 1. The Balaban J connectivity index is -0.000000254. The maximum atomic E-state index is 9.75. The Hall–Kier alpha value is -0.467. The van der Waals surface area contributed by atoms with E-state index in [1.807, 2.05) is 0 Å². The van der Waals surface area contributed by atoms with E-state index < -0.39 is 14.5 Å². The molecule has 0 amide bonds. The second-order valence-electron chi connectivity index (χ2n) is 3.85. The van der Waals surface area contributed by atoms with Crippen LogP contribution in [0.4, 0.5) is 34.5 Å². The van der Waals surface area contributed by atoms with E-state index in [2.05, 4.69) is 36.2 Å². The molecule has 1 heterocycles. The number of halogens is 8. The number of rotatable bonds is 3. The van der Waals surface area contributed by atoms with Gasteiger partial charge in [-0.05, 0) is 6.42 Å². The predicted octanol–water partition coefficient (Wildman–Crippen LogP) is 4.06. The summed E-state index contributed by atoms with van der Waals surface area (Å²) in [4.78, 5) is 4.53. The van der Waals surface area contributed by atoms with Crippen LogP contribution in [0.15, 0.2) is 12.4 Å². The van der Waals surface area contributed by atoms with Gasteiger partial charge in [0, 0.05) is 26.0 Å². The van der Waals surface area contributed by atoms with Crippen LogP contribution in [0, 0.1) is 0 Å². The SMILES string of the molecule is CCCCN1C=CN(C)C1.F[B-](F)(F)F.F[B-](F)(F)F.[Zn+2]. The molecule has 13 heteroatoms. The first-order valence-electron chi connectivity index (χ1n) is 5.70. The molecule has 21 heavy (non-hydrogen) atoms. The van der Waals surface area contributed by atoms with E-state index in [1.165, 1.54) is 19.4 Å². The minimum Gasteiger partial charge on any atom is -0.418 e. The molecule has 0 aromatic rings. The molecule has 0 fully saturated rings.